The van der Waals surface area contributed by atoms with Crippen molar-refractivity contribution < 1.29 is 4.39 Å². The summed E-state index contributed by atoms with van der Waals surface area (Å²) in [5.41, 5.74) is 0. The number of benzene rings is 1. The van der Waals surface area contributed by atoms with Crippen LogP contribution >= 0.6 is 46.4 Å². The number of nitrogens with zero attached hydrogens (tertiary/aromatic N) is 1. The van der Waals surface area contributed by atoms with Crippen LogP contribution in [0.1, 0.15) is 0 Å². The molecule has 0 aliphatic rings. The maximum absolute atomic E-state index is 13.4. The molecule has 78 valence electrons. The van der Waals surface area contributed by atoms with E-state index in [4.69, 9.17) is 46.4 Å². The second kappa shape index (κ2) is 3.95. The summed E-state index contributed by atoms with van der Waals surface area (Å²) in [7, 11) is 0. The second-order valence-corrected chi connectivity index (χ2v) is 4.33. The van der Waals surface area contributed by atoms with Crippen LogP contribution in [-0.4, -0.2) is 4.98 Å². The molecule has 0 amide bonds. The molecule has 0 fully saturated rings. The highest BCUT2D eigenvalue weighted by atomic mass is 35.5. The maximum Gasteiger partial charge on any atom is 0.162 e. The third kappa shape index (κ3) is 1.76. The van der Waals surface area contributed by atoms with Gasteiger partial charge in [0.1, 0.15) is 5.15 Å². The lowest BCUT2D eigenvalue weighted by molar-refractivity contribution is 0.630. The molecule has 1 nitrogen and oxygen atoms in total. The first-order chi connectivity index (χ1) is 7.02. The van der Waals surface area contributed by atoms with E-state index in [1.54, 1.807) is 0 Å². The van der Waals surface area contributed by atoms with Gasteiger partial charge in [-0.3, -0.25) is 0 Å². The lowest BCUT2D eigenvalue weighted by Gasteiger charge is -2.06. The number of halogens is 5. The zero-order valence-corrected chi connectivity index (χ0v) is 10.0. The molecule has 0 N–H and O–H groups in total. The van der Waals surface area contributed by atoms with E-state index in [1.807, 2.05) is 0 Å². The Balaban J connectivity index is 3.00. The Kier molecular flexibility index (Phi) is 2.95. The van der Waals surface area contributed by atoms with Crippen LogP contribution in [0.3, 0.4) is 0 Å². The molecule has 6 heteroatoms. The molecule has 0 atom stereocenters. The predicted octanol–water partition coefficient (Wildman–Crippen LogP) is 4.99. The van der Waals surface area contributed by atoms with E-state index < -0.39 is 5.82 Å². The van der Waals surface area contributed by atoms with Crippen LogP contribution in [0.25, 0.3) is 10.8 Å². The summed E-state index contributed by atoms with van der Waals surface area (Å²) in [5, 5.41) is 0.836. The molecule has 0 saturated carbocycles. The average molecular weight is 285 g/mol. The van der Waals surface area contributed by atoms with Gasteiger partial charge in [0, 0.05) is 17.0 Å². The maximum atomic E-state index is 13.4. The zero-order chi connectivity index (χ0) is 11.2. The molecule has 0 unspecified atom stereocenters. The molecule has 2 rings (SSSR count). The van der Waals surface area contributed by atoms with E-state index in [0.717, 1.165) is 0 Å². The minimum absolute atomic E-state index is 0.0812. The molecule has 0 radical (unpaired) electrons. The fourth-order valence-corrected chi connectivity index (χ4v) is 2.10. The van der Waals surface area contributed by atoms with Crippen LogP contribution in [0.2, 0.25) is 20.2 Å². The lowest BCUT2D eigenvalue weighted by atomic mass is 10.2. The molecule has 1 aromatic carbocycles. The van der Waals surface area contributed by atoms with Gasteiger partial charge < -0.3 is 0 Å². The van der Waals surface area contributed by atoms with Crippen molar-refractivity contribution in [1.82, 2.24) is 4.98 Å². The molecule has 0 aliphatic heterocycles. The summed E-state index contributed by atoms with van der Waals surface area (Å²) < 4.78 is 13.4. The molecular formula is C9H2Cl4FN. The molecule has 15 heavy (non-hydrogen) atoms. The van der Waals surface area contributed by atoms with Gasteiger partial charge >= 0.3 is 0 Å². The number of hydrogen-bond donors (Lipinski definition) is 0. The van der Waals surface area contributed by atoms with Crippen LogP contribution in [0, 0.1) is 5.82 Å². The van der Waals surface area contributed by atoms with E-state index in [-0.39, 0.29) is 20.2 Å². The van der Waals surface area contributed by atoms with Gasteiger partial charge in [0.2, 0.25) is 0 Å². The number of fused-ring (bicyclic) bond motifs is 1. The van der Waals surface area contributed by atoms with Crippen molar-refractivity contribution in [3.8, 4) is 0 Å². The minimum Gasteiger partial charge on any atom is -0.244 e. The Labute approximate surface area is 105 Å². The van der Waals surface area contributed by atoms with Crippen molar-refractivity contribution in [2.75, 3.05) is 0 Å². The smallest absolute Gasteiger partial charge is 0.162 e. The molecular weight excluding hydrogens is 283 g/mol. The lowest BCUT2D eigenvalue weighted by Crippen LogP contribution is -1.87. The SMILES string of the molecule is Fc1c(Cl)c(Cl)c2cnc(Cl)cc2c1Cl. The molecule has 0 bridgehead atoms. The highest BCUT2D eigenvalue weighted by Crippen LogP contribution is 2.39. The zero-order valence-electron chi connectivity index (χ0n) is 6.99. The third-order valence-electron chi connectivity index (χ3n) is 1.92. The summed E-state index contributed by atoms with van der Waals surface area (Å²) in [6.45, 7) is 0. The average Bonchev–Trinajstić information content (AvgIpc) is 2.23. The Morgan fingerprint density at radius 2 is 1.60 bits per heavy atom. The van der Waals surface area contributed by atoms with Gasteiger partial charge in [-0.1, -0.05) is 46.4 Å². The van der Waals surface area contributed by atoms with E-state index in [1.165, 1.54) is 12.3 Å². The summed E-state index contributed by atoms with van der Waals surface area (Å²) in [6, 6.07) is 1.44. The molecule has 1 aromatic heterocycles. The Bertz CT molecular complexity index is 556. The number of hydrogen-bond acceptors (Lipinski definition) is 1. The van der Waals surface area contributed by atoms with Gasteiger partial charge in [-0.05, 0) is 6.07 Å². The first-order valence-corrected chi connectivity index (χ1v) is 5.30. The first kappa shape index (κ1) is 11.2. The largest absolute Gasteiger partial charge is 0.244 e. The van der Waals surface area contributed by atoms with Crippen molar-refractivity contribution in [2.24, 2.45) is 0 Å². The Hall–Kier alpha value is -0.280. The Morgan fingerprint density at radius 3 is 2.27 bits per heavy atom. The monoisotopic (exact) mass is 283 g/mol. The van der Waals surface area contributed by atoms with Gasteiger partial charge in [-0.15, -0.1) is 0 Å². The summed E-state index contributed by atoms with van der Waals surface area (Å²) in [4.78, 5) is 3.82. The van der Waals surface area contributed by atoms with E-state index in [0.29, 0.717) is 10.8 Å². The highest BCUT2D eigenvalue weighted by Gasteiger charge is 2.16. The minimum atomic E-state index is -0.752. The van der Waals surface area contributed by atoms with E-state index in [2.05, 4.69) is 4.98 Å². The van der Waals surface area contributed by atoms with Gasteiger partial charge in [-0.25, -0.2) is 9.37 Å². The van der Waals surface area contributed by atoms with Gasteiger partial charge in [0.05, 0.1) is 15.1 Å². The van der Waals surface area contributed by atoms with E-state index >= 15 is 0 Å². The van der Waals surface area contributed by atoms with Gasteiger partial charge in [0.15, 0.2) is 5.82 Å². The van der Waals surface area contributed by atoms with Crippen LogP contribution in [-0.2, 0) is 0 Å². The predicted molar refractivity (Wildman–Crippen MR) is 61.7 cm³/mol. The van der Waals surface area contributed by atoms with Crippen molar-refractivity contribution >= 4 is 57.2 Å². The summed E-state index contributed by atoms with van der Waals surface area (Å²) in [5.74, 6) is -0.752. The van der Waals surface area contributed by atoms with Crippen LogP contribution in [0.5, 0.6) is 0 Å². The van der Waals surface area contributed by atoms with Crippen LogP contribution in [0.4, 0.5) is 4.39 Å². The van der Waals surface area contributed by atoms with Crippen LogP contribution < -0.4 is 0 Å². The number of pyridine rings is 1. The molecule has 0 saturated heterocycles. The number of aromatic nitrogens is 1. The van der Waals surface area contributed by atoms with Gasteiger partial charge in [-0.2, -0.15) is 0 Å². The normalized spacial score (nSPS) is 11.0. The molecule has 0 aliphatic carbocycles. The number of rotatable bonds is 0. The standard InChI is InChI=1S/C9H2Cl4FN/c10-5-1-3-4(2-15-5)6(11)8(13)9(14)7(3)12/h1-2H. The summed E-state index contributed by atoms with van der Waals surface area (Å²) >= 11 is 22.9. The summed E-state index contributed by atoms with van der Waals surface area (Å²) in [6.07, 6.45) is 1.40. The van der Waals surface area contributed by atoms with Crippen LogP contribution in [0.15, 0.2) is 12.3 Å². The Morgan fingerprint density at radius 1 is 0.933 bits per heavy atom. The van der Waals surface area contributed by atoms with Crippen molar-refractivity contribution in [3.63, 3.8) is 0 Å². The van der Waals surface area contributed by atoms with E-state index in [9.17, 15) is 4.39 Å². The second-order valence-electron chi connectivity index (χ2n) is 2.81. The fraction of sp³-hybridized carbons (Fsp3) is 0. The highest BCUT2D eigenvalue weighted by molar-refractivity contribution is 6.48. The van der Waals surface area contributed by atoms with Crippen molar-refractivity contribution in [1.29, 1.82) is 0 Å². The van der Waals surface area contributed by atoms with Crippen molar-refractivity contribution in [2.45, 2.75) is 0 Å². The fourth-order valence-electron chi connectivity index (χ4n) is 1.22. The third-order valence-corrected chi connectivity index (χ3v) is 3.34. The molecule has 1 heterocycles. The topological polar surface area (TPSA) is 12.9 Å². The van der Waals surface area contributed by atoms with Gasteiger partial charge in [0.25, 0.3) is 0 Å². The molecule has 0 spiro atoms. The first-order valence-electron chi connectivity index (χ1n) is 3.79. The molecule has 2 aromatic rings. The quantitative estimate of drug-likeness (QED) is 0.377. The van der Waals surface area contributed by atoms with Crippen molar-refractivity contribution in [3.05, 3.63) is 38.3 Å².